The summed E-state index contributed by atoms with van der Waals surface area (Å²) >= 11 is 6.89. The minimum atomic E-state index is -0.841. The maximum absolute atomic E-state index is 14.2. The van der Waals surface area contributed by atoms with Gasteiger partial charge >= 0.3 is 5.97 Å². The number of halogens is 2. The van der Waals surface area contributed by atoms with E-state index in [1.54, 1.807) is 19.9 Å². The molecule has 0 radical (unpaired) electrons. The number of ether oxygens (including phenoxy) is 1. The van der Waals surface area contributed by atoms with Gasteiger partial charge < -0.3 is 15.4 Å². The normalized spacial score (nSPS) is 10.6. The van der Waals surface area contributed by atoms with Crippen molar-refractivity contribution in [2.45, 2.75) is 27.7 Å². The van der Waals surface area contributed by atoms with Crippen LogP contribution < -0.4 is 10.6 Å². The van der Waals surface area contributed by atoms with Gasteiger partial charge in [0.05, 0.1) is 27.6 Å². The Morgan fingerprint density at radius 1 is 1.03 bits per heavy atom. The number of carbonyl (C=O) groups is 3. The van der Waals surface area contributed by atoms with Gasteiger partial charge in [0.15, 0.2) is 0 Å². The number of carbonyl (C=O) groups excluding carboxylic acids is 3. The largest absolute Gasteiger partial charge is 0.462 e. The first kappa shape index (κ1) is 24.4. The van der Waals surface area contributed by atoms with Crippen molar-refractivity contribution in [3.63, 3.8) is 0 Å². The summed E-state index contributed by atoms with van der Waals surface area (Å²) in [6, 6.07) is 9.47. The summed E-state index contributed by atoms with van der Waals surface area (Å²) in [5.74, 6) is -2.80. The van der Waals surface area contributed by atoms with E-state index in [2.05, 4.69) is 10.6 Å². The number of anilines is 2. The highest BCUT2D eigenvalue weighted by Gasteiger charge is 2.28. The average molecular weight is 489 g/mol. The lowest BCUT2D eigenvalue weighted by Crippen LogP contribution is -2.16. The SMILES string of the molecule is CCOC(=O)c1c(NC(=O)c2c(F)cccc2Cl)sc(C(=O)Nc2ccc(C)cc2C)c1C. The van der Waals surface area contributed by atoms with E-state index >= 15 is 0 Å². The van der Waals surface area contributed by atoms with Crippen molar-refractivity contribution < 1.29 is 23.5 Å². The van der Waals surface area contributed by atoms with Crippen molar-refractivity contribution in [3.8, 4) is 0 Å². The summed E-state index contributed by atoms with van der Waals surface area (Å²) in [5.41, 5.74) is 2.58. The first-order chi connectivity index (χ1) is 15.6. The Balaban J connectivity index is 1.99. The van der Waals surface area contributed by atoms with Gasteiger partial charge in [-0.15, -0.1) is 11.3 Å². The molecule has 0 atom stereocenters. The second-order valence-corrected chi connectivity index (χ2v) is 8.73. The fourth-order valence-corrected chi connectivity index (χ4v) is 4.61. The van der Waals surface area contributed by atoms with E-state index in [1.165, 1.54) is 12.1 Å². The summed E-state index contributed by atoms with van der Waals surface area (Å²) in [5, 5.41) is 5.35. The van der Waals surface area contributed by atoms with Gasteiger partial charge in [0.1, 0.15) is 10.8 Å². The van der Waals surface area contributed by atoms with E-state index in [9.17, 15) is 18.8 Å². The van der Waals surface area contributed by atoms with E-state index in [1.807, 2.05) is 26.0 Å². The van der Waals surface area contributed by atoms with E-state index < -0.39 is 23.6 Å². The van der Waals surface area contributed by atoms with Crippen LogP contribution in [-0.4, -0.2) is 24.4 Å². The number of amides is 2. The van der Waals surface area contributed by atoms with E-state index in [4.69, 9.17) is 16.3 Å². The molecule has 3 rings (SSSR count). The minimum absolute atomic E-state index is 0.0356. The molecule has 172 valence electrons. The highest BCUT2D eigenvalue weighted by molar-refractivity contribution is 7.19. The Morgan fingerprint density at radius 2 is 1.76 bits per heavy atom. The molecule has 6 nitrogen and oxygen atoms in total. The second-order valence-electron chi connectivity index (χ2n) is 7.30. The summed E-state index contributed by atoms with van der Waals surface area (Å²) in [4.78, 5) is 38.6. The number of benzene rings is 2. The van der Waals surface area contributed by atoms with Crippen molar-refractivity contribution >= 4 is 51.4 Å². The van der Waals surface area contributed by atoms with Crippen molar-refractivity contribution in [1.29, 1.82) is 0 Å². The summed E-state index contributed by atoms with van der Waals surface area (Å²) in [6.07, 6.45) is 0. The molecule has 3 aromatic rings. The van der Waals surface area contributed by atoms with Gasteiger partial charge in [-0.1, -0.05) is 35.4 Å². The topological polar surface area (TPSA) is 84.5 Å². The van der Waals surface area contributed by atoms with E-state index in [-0.39, 0.29) is 32.6 Å². The van der Waals surface area contributed by atoms with E-state index in [0.29, 0.717) is 11.3 Å². The predicted molar refractivity (Wildman–Crippen MR) is 128 cm³/mol. The molecule has 9 heteroatoms. The number of nitrogens with one attached hydrogen (secondary N) is 2. The van der Waals surface area contributed by atoms with Crippen molar-refractivity contribution in [1.82, 2.24) is 0 Å². The molecule has 1 aromatic heterocycles. The third-order valence-corrected chi connectivity index (χ3v) is 6.40. The van der Waals surface area contributed by atoms with Crippen LogP contribution in [0.5, 0.6) is 0 Å². The van der Waals surface area contributed by atoms with Crippen LogP contribution in [0.2, 0.25) is 5.02 Å². The fourth-order valence-electron chi connectivity index (χ4n) is 3.28. The first-order valence-corrected chi connectivity index (χ1v) is 11.3. The molecule has 0 saturated heterocycles. The average Bonchev–Trinajstić information content (AvgIpc) is 3.06. The lowest BCUT2D eigenvalue weighted by molar-refractivity contribution is 0.0527. The molecule has 0 bridgehead atoms. The Hall–Kier alpha value is -3.23. The van der Waals surface area contributed by atoms with Crippen LogP contribution in [0.3, 0.4) is 0 Å². The van der Waals surface area contributed by atoms with E-state index in [0.717, 1.165) is 28.5 Å². The zero-order valence-corrected chi connectivity index (χ0v) is 20.0. The second kappa shape index (κ2) is 10.1. The first-order valence-electron chi connectivity index (χ1n) is 10.1. The highest BCUT2D eigenvalue weighted by atomic mass is 35.5. The minimum Gasteiger partial charge on any atom is -0.462 e. The van der Waals surface area contributed by atoms with Gasteiger partial charge in [-0.05, 0) is 57.0 Å². The number of thiophene rings is 1. The monoisotopic (exact) mass is 488 g/mol. The molecular formula is C24H22ClFN2O4S. The number of hydrogen-bond donors (Lipinski definition) is 2. The molecule has 33 heavy (non-hydrogen) atoms. The third kappa shape index (κ3) is 5.23. The van der Waals surface area contributed by atoms with Gasteiger partial charge in [-0.25, -0.2) is 9.18 Å². The maximum Gasteiger partial charge on any atom is 0.341 e. The molecule has 0 aliphatic heterocycles. The molecule has 0 aliphatic carbocycles. The zero-order valence-electron chi connectivity index (χ0n) is 18.5. The molecule has 0 saturated carbocycles. The van der Waals surface area contributed by atoms with Crippen molar-refractivity contribution in [3.05, 3.63) is 79.9 Å². The van der Waals surface area contributed by atoms with Crippen LogP contribution in [0.25, 0.3) is 0 Å². The molecule has 2 aromatic carbocycles. The molecule has 0 unspecified atom stereocenters. The lowest BCUT2D eigenvalue weighted by atomic mass is 10.1. The highest BCUT2D eigenvalue weighted by Crippen LogP contribution is 2.35. The summed E-state index contributed by atoms with van der Waals surface area (Å²) in [6.45, 7) is 7.16. The molecule has 0 aliphatic rings. The van der Waals surface area contributed by atoms with Gasteiger partial charge in [0.25, 0.3) is 11.8 Å². The van der Waals surface area contributed by atoms with Gasteiger partial charge in [0.2, 0.25) is 0 Å². The Morgan fingerprint density at radius 3 is 2.39 bits per heavy atom. The Kier molecular flexibility index (Phi) is 7.50. The number of aryl methyl sites for hydroxylation is 2. The number of hydrogen-bond acceptors (Lipinski definition) is 5. The van der Waals surface area contributed by atoms with Crippen molar-refractivity contribution in [2.75, 3.05) is 17.2 Å². The molecule has 2 amide bonds. The van der Waals surface area contributed by atoms with Crippen molar-refractivity contribution in [2.24, 2.45) is 0 Å². The number of rotatable bonds is 6. The van der Waals surface area contributed by atoms with Crippen LogP contribution in [0.15, 0.2) is 36.4 Å². The van der Waals surface area contributed by atoms with Crippen LogP contribution >= 0.6 is 22.9 Å². The maximum atomic E-state index is 14.2. The third-order valence-electron chi connectivity index (χ3n) is 4.88. The molecule has 0 fully saturated rings. The van der Waals surface area contributed by atoms with Crippen LogP contribution in [-0.2, 0) is 4.74 Å². The van der Waals surface area contributed by atoms with Gasteiger partial charge in [-0.3, -0.25) is 9.59 Å². The fraction of sp³-hybridized carbons (Fsp3) is 0.208. The quantitative estimate of drug-likeness (QED) is 0.408. The Labute approximate surface area is 199 Å². The summed E-state index contributed by atoms with van der Waals surface area (Å²) in [7, 11) is 0. The molecule has 2 N–H and O–H groups in total. The lowest BCUT2D eigenvalue weighted by Gasteiger charge is -2.09. The standard InChI is InChI=1S/C24H22ClFN2O4S/c1-5-32-24(31)18-14(4)20(22(30)27-17-10-9-12(2)11-13(17)3)33-23(18)28-21(29)19-15(25)7-6-8-16(19)26/h6-11H,5H2,1-4H3,(H,27,30)(H,28,29). The zero-order chi connectivity index (χ0) is 24.3. The molecular weight excluding hydrogens is 467 g/mol. The van der Waals surface area contributed by atoms with Crippen LogP contribution in [0, 0.1) is 26.6 Å². The van der Waals surface area contributed by atoms with Crippen LogP contribution in [0.1, 0.15) is 54.0 Å². The predicted octanol–water partition coefficient (Wildman–Crippen LogP) is 6.15. The van der Waals surface area contributed by atoms with Gasteiger partial charge in [0, 0.05) is 5.69 Å². The molecule has 1 heterocycles. The smallest absolute Gasteiger partial charge is 0.341 e. The summed E-state index contributed by atoms with van der Waals surface area (Å²) < 4.78 is 19.3. The molecule has 0 spiro atoms. The van der Waals surface area contributed by atoms with Gasteiger partial charge in [-0.2, -0.15) is 0 Å². The number of esters is 1. The Bertz CT molecular complexity index is 1240. The van der Waals surface area contributed by atoms with Crippen LogP contribution in [0.4, 0.5) is 15.1 Å².